The molecule has 0 aliphatic rings. The summed E-state index contributed by atoms with van der Waals surface area (Å²) in [5.74, 6) is 1.09. The van der Waals surface area contributed by atoms with Crippen LogP contribution in [0.3, 0.4) is 0 Å². The Morgan fingerprint density at radius 3 is 2.25 bits per heavy atom. The number of aromatic nitrogens is 2. The maximum absolute atomic E-state index is 11.9. The Hall–Kier alpha value is -2.95. The van der Waals surface area contributed by atoms with Gasteiger partial charge in [0.2, 0.25) is 11.8 Å². The van der Waals surface area contributed by atoms with Crippen LogP contribution in [0.5, 0.6) is 5.75 Å². The van der Waals surface area contributed by atoms with Gasteiger partial charge in [0.1, 0.15) is 5.75 Å². The third-order valence-corrected chi connectivity index (χ3v) is 3.56. The Balaban J connectivity index is 1.56. The molecule has 5 nitrogen and oxygen atoms in total. The molecule has 3 rings (SSSR count). The van der Waals surface area contributed by atoms with E-state index in [4.69, 9.17) is 9.15 Å². The molecule has 0 saturated carbocycles. The number of aryl methyl sites for hydroxylation is 3. The number of hydrogen-bond donors (Lipinski definition) is 0. The summed E-state index contributed by atoms with van der Waals surface area (Å²) >= 11 is 0. The number of carbonyl (C=O) groups excluding carboxylic acids is 1. The minimum absolute atomic E-state index is 0.184. The van der Waals surface area contributed by atoms with Gasteiger partial charge >= 0.3 is 5.97 Å². The minimum atomic E-state index is -0.325. The molecule has 5 heteroatoms. The van der Waals surface area contributed by atoms with E-state index < -0.39 is 0 Å². The first-order valence-corrected chi connectivity index (χ1v) is 7.77. The van der Waals surface area contributed by atoms with Crippen LogP contribution in [0, 0.1) is 13.8 Å². The van der Waals surface area contributed by atoms with E-state index in [1.54, 1.807) is 12.1 Å². The van der Waals surface area contributed by atoms with Crippen molar-refractivity contribution in [2.75, 3.05) is 0 Å². The van der Waals surface area contributed by atoms with E-state index in [0.29, 0.717) is 24.0 Å². The maximum Gasteiger partial charge on any atom is 0.311 e. The van der Waals surface area contributed by atoms with Crippen molar-refractivity contribution >= 4 is 5.97 Å². The highest BCUT2D eigenvalue weighted by Gasteiger charge is 2.11. The summed E-state index contributed by atoms with van der Waals surface area (Å²) in [6.07, 6.45) is 0.535. The second-order valence-corrected chi connectivity index (χ2v) is 5.65. The zero-order valence-corrected chi connectivity index (χ0v) is 13.7. The molecule has 0 N–H and O–H groups in total. The van der Waals surface area contributed by atoms with Crippen LogP contribution in [0.1, 0.15) is 23.4 Å². The average Bonchev–Trinajstić information content (AvgIpc) is 3.05. The highest BCUT2D eigenvalue weighted by Crippen LogP contribution is 2.19. The first kappa shape index (κ1) is 15.9. The van der Waals surface area contributed by atoms with Crippen molar-refractivity contribution in [3.05, 3.63) is 65.5 Å². The van der Waals surface area contributed by atoms with Gasteiger partial charge in [0.25, 0.3) is 0 Å². The van der Waals surface area contributed by atoms with Crippen molar-refractivity contribution in [3.8, 4) is 17.2 Å². The van der Waals surface area contributed by atoms with Gasteiger partial charge < -0.3 is 9.15 Å². The van der Waals surface area contributed by atoms with Gasteiger partial charge in [-0.1, -0.05) is 35.4 Å². The smallest absolute Gasteiger partial charge is 0.311 e. The number of nitrogens with zero attached hydrogens (tertiary/aromatic N) is 2. The molecule has 122 valence electrons. The molecule has 0 spiro atoms. The first-order chi connectivity index (χ1) is 11.6. The van der Waals surface area contributed by atoms with Gasteiger partial charge in [-0.3, -0.25) is 4.79 Å². The summed E-state index contributed by atoms with van der Waals surface area (Å²) in [6, 6.07) is 15.2. The molecule has 0 unspecified atom stereocenters. The average molecular weight is 322 g/mol. The molecule has 0 radical (unpaired) electrons. The molecular weight excluding hydrogens is 304 g/mol. The van der Waals surface area contributed by atoms with E-state index in [1.165, 1.54) is 0 Å². The summed E-state index contributed by atoms with van der Waals surface area (Å²) < 4.78 is 10.9. The van der Waals surface area contributed by atoms with Crippen LogP contribution in [0.4, 0.5) is 0 Å². The number of hydrogen-bond acceptors (Lipinski definition) is 5. The van der Waals surface area contributed by atoms with Gasteiger partial charge in [-0.05, 0) is 38.1 Å². The Bertz CT molecular complexity index is 821. The number of ether oxygens (including phenoxy) is 1. The van der Waals surface area contributed by atoms with E-state index in [2.05, 4.69) is 10.2 Å². The molecule has 0 saturated heterocycles. The molecular formula is C19H18N2O3. The van der Waals surface area contributed by atoms with Gasteiger partial charge in [0, 0.05) is 12.0 Å². The first-order valence-electron chi connectivity index (χ1n) is 7.77. The Morgan fingerprint density at radius 2 is 1.58 bits per heavy atom. The lowest BCUT2D eigenvalue weighted by Crippen LogP contribution is -2.09. The molecule has 0 fully saturated rings. The van der Waals surface area contributed by atoms with Crippen LogP contribution in [0.15, 0.2) is 52.9 Å². The van der Waals surface area contributed by atoms with Crippen LogP contribution < -0.4 is 4.74 Å². The van der Waals surface area contributed by atoms with Crippen molar-refractivity contribution in [1.29, 1.82) is 0 Å². The van der Waals surface area contributed by atoms with Gasteiger partial charge in [0.05, 0.1) is 6.42 Å². The fourth-order valence-corrected chi connectivity index (χ4v) is 2.17. The van der Waals surface area contributed by atoms with Crippen molar-refractivity contribution in [3.63, 3.8) is 0 Å². The third kappa shape index (κ3) is 4.07. The molecule has 0 atom stereocenters. The Labute approximate surface area is 140 Å². The summed E-state index contributed by atoms with van der Waals surface area (Å²) in [7, 11) is 0. The quantitative estimate of drug-likeness (QED) is 0.526. The van der Waals surface area contributed by atoms with E-state index in [1.807, 2.05) is 50.2 Å². The molecule has 0 aliphatic heterocycles. The second kappa shape index (κ2) is 7.08. The SMILES string of the molecule is Cc1ccc(OC(=O)CCc2nnc(-c3ccc(C)cc3)o2)cc1. The van der Waals surface area contributed by atoms with Crippen LogP contribution in [-0.2, 0) is 11.2 Å². The zero-order valence-electron chi connectivity index (χ0n) is 13.7. The lowest BCUT2D eigenvalue weighted by Gasteiger charge is -2.03. The Morgan fingerprint density at radius 1 is 0.958 bits per heavy atom. The molecule has 2 aromatic carbocycles. The maximum atomic E-state index is 11.9. The standard InChI is InChI=1S/C19H18N2O3/c1-13-3-7-15(8-4-13)19-21-20-17(24-19)11-12-18(22)23-16-9-5-14(2)6-10-16/h3-10H,11-12H2,1-2H3. The number of rotatable bonds is 5. The van der Waals surface area contributed by atoms with E-state index in [0.717, 1.165) is 16.7 Å². The zero-order chi connectivity index (χ0) is 16.9. The third-order valence-electron chi connectivity index (χ3n) is 3.56. The summed E-state index contributed by atoms with van der Waals surface area (Å²) in [5, 5.41) is 8.00. The minimum Gasteiger partial charge on any atom is -0.427 e. The topological polar surface area (TPSA) is 65.2 Å². The second-order valence-electron chi connectivity index (χ2n) is 5.65. The highest BCUT2D eigenvalue weighted by atomic mass is 16.5. The fraction of sp³-hybridized carbons (Fsp3) is 0.211. The molecule has 1 aromatic heterocycles. The molecule has 24 heavy (non-hydrogen) atoms. The lowest BCUT2D eigenvalue weighted by atomic mass is 10.1. The highest BCUT2D eigenvalue weighted by molar-refractivity contribution is 5.72. The molecule has 0 amide bonds. The lowest BCUT2D eigenvalue weighted by molar-refractivity contribution is -0.134. The molecule has 3 aromatic rings. The fourth-order valence-electron chi connectivity index (χ4n) is 2.17. The molecule has 0 aliphatic carbocycles. The predicted octanol–water partition coefficient (Wildman–Crippen LogP) is 3.89. The van der Waals surface area contributed by atoms with Crippen molar-refractivity contribution < 1.29 is 13.9 Å². The van der Waals surface area contributed by atoms with Crippen LogP contribution in [0.2, 0.25) is 0 Å². The van der Waals surface area contributed by atoms with Gasteiger partial charge in [-0.25, -0.2) is 0 Å². The van der Waals surface area contributed by atoms with E-state index >= 15 is 0 Å². The van der Waals surface area contributed by atoms with Crippen LogP contribution in [0.25, 0.3) is 11.5 Å². The van der Waals surface area contributed by atoms with Crippen LogP contribution >= 0.6 is 0 Å². The summed E-state index contributed by atoms with van der Waals surface area (Å²) in [4.78, 5) is 11.9. The number of carbonyl (C=O) groups is 1. The Kier molecular flexibility index (Phi) is 4.70. The van der Waals surface area contributed by atoms with Crippen LogP contribution in [-0.4, -0.2) is 16.2 Å². The van der Waals surface area contributed by atoms with Gasteiger partial charge in [-0.2, -0.15) is 0 Å². The monoisotopic (exact) mass is 322 g/mol. The summed E-state index contributed by atoms with van der Waals surface area (Å²) in [5.41, 5.74) is 3.14. The van der Waals surface area contributed by atoms with Gasteiger partial charge in [0.15, 0.2) is 0 Å². The van der Waals surface area contributed by atoms with Gasteiger partial charge in [-0.15, -0.1) is 10.2 Å². The molecule has 0 bridgehead atoms. The summed E-state index contributed by atoms with van der Waals surface area (Å²) in [6.45, 7) is 4.00. The predicted molar refractivity (Wildman–Crippen MR) is 89.6 cm³/mol. The normalized spacial score (nSPS) is 10.6. The molecule has 1 heterocycles. The number of esters is 1. The van der Waals surface area contributed by atoms with E-state index in [9.17, 15) is 4.79 Å². The van der Waals surface area contributed by atoms with E-state index in [-0.39, 0.29) is 12.4 Å². The van der Waals surface area contributed by atoms with Crippen molar-refractivity contribution in [2.45, 2.75) is 26.7 Å². The largest absolute Gasteiger partial charge is 0.427 e. The number of benzene rings is 2. The van der Waals surface area contributed by atoms with Crippen molar-refractivity contribution in [2.24, 2.45) is 0 Å². The van der Waals surface area contributed by atoms with Crippen molar-refractivity contribution in [1.82, 2.24) is 10.2 Å².